The molecule has 4 aromatic carbocycles. The highest BCUT2D eigenvalue weighted by atomic mass is 16.1. The van der Waals surface area contributed by atoms with Crippen molar-refractivity contribution in [1.82, 2.24) is 9.80 Å². The van der Waals surface area contributed by atoms with Crippen molar-refractivity contribution in [2.24, 2.45) is 11.3 Å². The maximum Gasteiger partial charge on any atom is 0.149 e. The van der Waals surface area contributed by atoms with E-state index in [0.717, 1.165) is 19.8 Å². The van der Waals surface area contributed by atoms with Crippen LogP contribution in [0.25, 0.3) is 0 Å². The lowest BCUT2D eigenvalue weighted by molar-refractivity contribution is -0.236. The molecule has 3 heteroatoms. The lowest BCUT2D eigenvalue weighted by atomic mass is 9.47. The molecule has 4 bridgehead atoms. The van der Waals surface area contributed by atoms with Gasteiger partial charge in [-0.05, 0) is 29.2 Å². The minimum Gasteiger partial charge on any atom is -0.298 e. The van der Waals surface area contributed by atoms with E-state index in [1.54, 1.807) is 0 Å². The van der Waals surface area contributed by atoms with E-state index in [1.807, 2.05) is 0 Å². The summed E-state index contributed by atoms with van der Waals surface area (Å²) >= 11 is 0. The minimum absolute atomic E-state index is 0.157. The van der Waals surface area contributed by atoms with Gasteiger partial charge in [-0.3, -0.25) is 14.6 Å². The number of benzene rings is 4. The summed E-state index contributed by atoms with van der Waals surface area (Å²) in [6.07, 6.45) is 0. The summed E-state index contributed by atoms with van der Waals surface area (Å²) in [7, 11) is 0. The van der Waals surface area contributed by atoms with Gasteiger partial charge >= 0.3 is 0 Å². The van der Waals surface area contributed by atoms with Crippen LogP contribution < -0.4 is 0 Å². The van der Waals surface area contributed by atoms with E-state index < -0.39 is 16.5 Å². The number of nitrogens with zero attached hydrogens (tertiary/aromatic N) is 2. The maximum atomic E-state index is 15.0. The zero-order valence-corrected chi connectivity index (χ0v) is 20.5. The molecule has 0 spiro atoms. The Hall–Kier alpha value is -3.53. The Labute approximate surface area is 213 Å². The predicted molar refractivity (Wildman–Crippen MR) is 142 cm³/mol. The van der Waals surface area contributed by atoms with E-state index in [2.05, 4.69) is 138 Å². The van der Waals surface area contributed by atoms with Gasteiger partial charge in [-0.25, -0.2) is 0 Å². The van der Waals surface area contributed by atoms with Gasteiger partial charge in [0.25, 0.3) is 0 Å². The van der Waals surface area contributed by atoms with E-state index in [0.29, 0.717) is 5.78 Å². The molecule has 0 radical (unpaired) electrons. The second-order valence-corrected chi connectivity index (χ2v) is 10.8. The van der Waals surface area contributed by atoms with Crippen molar-refractivity contribution < 1.29 is 4.79 Å². The lowest BCUT2D eigenvalue weighted by Crippen LogP contribution is -2.85. The molecule has 4 aliphatic heterocycles. The SMILES string of the molecule is CC12CN3CC(C1=O)C(c1ccccc1)(c1ccccc1)N(C3)C2(c1ccccc1)c1ccccc1. The molecular formula is C33H30N2O. The molecule has 4 aliphatic rings. The largest absolute Gasteiger partial charge is 0.298 e. The van der Waals surface area contributed by atoms with Crippen LogP contribution in [0.2, 0.25) is 0 Å². The molecule has 3 nitrogen and oxygen atoms in total. The van der Waals surface area contributed by atoms with Crippen LogP contribution >= 0.6 is 0 Å². The van der Waals surface area contributed by atoms with Crippen LogP contribution in [0.1, 0.15) is 29.2 Å². The average molecular weight is 471 g/mol. The van der Waals surface area contributed by atoms with Crippen LogP contribution in [-0.4, -0.2) is 35.3 Å². The third-order valence-electron chi connectivity index (χ3n) is 9.13. The highest BCUT2D eigenvalue weighted by molar-refractivity contribution is 5.94. The Morgan fingerprint density at radius 2 is 1.06 bits per heavy atom. The first kappa shape index (κ1) is 21.7. The predicted octanol–water partition coefficient (Wildman–Crippen LogP) is 5.67. The first-order chi connectivity index (χ1) is 17.6. The Morgan fingerprint density at radius 1 is 0.639 bits per heavy atom. The molecule has 0 aromatic heterocycles. The Bertz CT molecular complexity index is 1320. The van der Waals surface area contributed by atoms with Gasteiger partial charge in [-0.15, -0.1) is 0 Å². The molecule has 4 unspecified atom stereocenters. The topological polar surface area (TPSA) is 23.6 Å². The second-order valence-electron chi connectivity index (χ2n) is 10.8. The number of Topliss-reactive ketones (excluding diaryl/α,β-unsaturated/α-hetero) is 1. The molecule has 36 heavy (non-hydrogen) atoms. The van der Waals surface area contributed by atoms with Crippen LogP contribution in [-0.2, 0) is 15.9 Å². The first-order valence-electron chi connectivity index (χ1n) is 12.9. The number of carbonyl (C=O) groups is 1. The van der Waals surface area contributed by atoms with Crippen LogP contribution in [0, 0.1) is 11.3 Å². The molecule has 8 rings (SSSR count). The molecule has 178 valence electrons. The molecular weight excluding hydrogens is 440 g/mol. The van der Waals surface area contributed by atoms with Gasteiger partial charge in [0, 0.05) is 13.1 Å². The van der Waals surface area contributed by atoms with Gasteiger partial charge < -0.3 is 0 Å². The first-order valence-corrected chi connectivity index (χ1v) is 12.9. The fourth-order valence-corrected chi connectivity index (χ4v) is 7.95. The van der Waals surface area contributed by atoms with Gasteiger partial charge in [-0.2, -0.15) is 0 Å². The van der Waals surface area contributed by atoms with Crippen molar-refractivity contribution in [3.05, 3.63) is 144 Å². The van der Waals surface area contributed by atoms with Crippen LogP contribution in [0.3, 0.4) is 0 Å². The molecule has 4 aromatic rings. The zero-order chi connectivity index (χ0) is 24.4. The summed E-state index contributed by atoms with van der Waals surface area (Å²) in [5.41, 5.74) is 2.95. The van der Waals surface area contributed by atoms with Crippen LogP contribution in [0.4, 0.5) is 0 Å². The fourth-order valence-electron chi connectivity index (χ4n) is 7.95. The van der Waals surface area contributed by atoms with Gasteiger partial charge in [0.1, 0.15) is 5.78 Å². The monoisotopic (exact) mass is 470 g/mol. The molecule has 0 aliphatic carbocycles. The Morgan fingerprint density at radius 3 is 1.50 bits per heavy atom. The summed E-state index contributed by atoms with van der Waals surface area (Å²) in [5.74, 6) is 0.213. The van der Waals surface area contributed by atoms with Crippen molar-refractivity contribution in [2.75, 3.05) is 19.8 Å². The molecule has 0 N–H and O–H groups in total. The Balaban J connectivity index is 1.65. The normalized spacial score (nSPS) is 29.2. The smallest absolute Gasteiger partial charge is 0.149 e. The summed E-state index contributed by atoms with van der Waals surface area (Å²) in [6.45, 7) is 4.57. The summed E-state index contributed by atoms with van der Waals surface area (Å²) < 4.78 is 0. The van der Waals surface area contributed by atoms with Crippen molar-refractivity contribution in [3.63, 3.8) is 0 Å². The highest BCUT2D eigenvalue weighted by Gasteiger charge is 2.75. The maximum absolute atomic E-state index is 15.0. The molecule has 4 fully saturated rings. The van der Waals surface area contributed by atoms with Crippen molar-refractivity contribution in [2.45, 2.75) is 18.0 Å². The van der Waals surface area contributed by atoms with E-state index >= 15 is 0 Å². The van der Waals surface area contributed by atoms with Gasteiger partial charge in [0.2, 0.25) is 0 Å². The second kappa shape index (κ2) is 7.73. The molecule has 4 heterocycles. The van der Waals surface area contributed by atoms with Crippen LogP contribution in [0.15, 0.2) is 121 Å². The molecule has 4 atom stereocenters. The number of carbonyl (C=O) groups excluding carboxylic acids is 1. The number of hydrogen-bond donors (Lipinski definition) is 0. The van der Waals surface area contributed by atoms with E-state index in [4.69, 9.17) is 0 Å². The van der Waals surface area contributed by atoms with Gasteiger partial charge in [-0.1, -0.05) is 121 Å². The average Bonchev–Trinajstić information content (AvgIpc) is 2.94. The number of hydrogen-bond acceptors (Lipinski definition) is 3. The van der Waals surface area contributed by atoms with E-state index in [1.165, 1.54) is 22.3 Å². The summed E-state index contributed by atoms with van der Waals surface area (Å²) in [6, 6.07) is 43.0. The highest BCUT2D eigenvalue weighted by Crippen LogP contribution is 2.67. The van der Waals surface area contributed by atoms with Crippen LogP contribution in [0.5, 0.6) is 0 Å². The molecule has 4 saturated heterocycles. The van der Waals surface area contributed by atoms with E-state index in [9.17, 15) is 4.79 Å². The fraction of sp³-hybridized carbons (Fsp3) is 0.242. The number of ketones is 1. The quantitative estimate of drug-likeness (QED) is 0.384. The summed E-state index contributed by atoms with van der Waals surface area (Å²) in [5, 5.41) is 0. The third-order valence-corrected chi connectivity index (χ3v) is 9.13. The minimum atomic E-state index is -0.619. The molecule has 0 saturated carbocycles. The standard InChI is InChI=1S/C33H30N2O/c1-31-23-34-22-29(30(31)36)32(25-14-6-2-7-15-25,26-16-8-3-9-17-26)35(24-34)33(31,27-18-10-4-11-19-27)28-20-12-5-13-21-28/h2-21,29H,22-24H2,1H3. The van der Waals surface area contributed by atoms with Crippen molar-refractivity contribution in [1.29, 1.82) is 0 Å². The lowest BCUT2D eigenvalue weighted by Gasteiger charge is -2.74. The van der Waals surface area contributed by atoms with E-state index in [-0.39, 0.29) is 5.92 Å². The third kappa shape index (κ3) is 2.52. The number of rotatable bonds is 4. The van der Waals surface area contributed by atoms with Gasteiger partial charge in [0.15, 0.2) is 0 Å². The zero-order valence-electron chi connectivity index (χ0n) is 20.5. The number of piperidine rings is 2. The van der Waals surface area contributed by atoms with Crippen molar-refractivity contribution in [3.8, 4) is 0 Å². The Kier molecular flexibility index (Phi) is 4.67. The van der Waals surface area contributed by atoms with Crippen molar-refractivity contribution >= 4 is 5.78 Å². The summed E-state index contributed by atoms with van der Waals surface area (Å²) in [4.78, 5) is 20.2. The van der Waals surface area contributed by atoms with Gasteiger partial charge in [0.05, 0.1) is 29.1 Å². The molecule has 0 amide bonds.